The second-order valence-electron chi connectivity index (χ2n) is 7.02. The first kappa shape index (κ1) is 16.9. The lowest BCUT2D eigenvalue weighted by molar-refractivity contribution is 0.0770. The number of Topliss-reactive ketones (excluding diaryl/α,β-unsaturated/α-hetero) is 1. The van der Waals surface area contributed by atoms with Crippen LogP contribution in [0.4, 0.5) is 0 Å². The molecule has 0 spiro atoms. The van der Waals surface area contributed by atoms with E-state index in [4.69, 9.17) is 0 Å². The zero-order chi connectivity index (χ0) is 16.9. The Morgan fingerprint density at radius 1 is 1.04 bits per heavy atom. The van der Waals surface area contributed by atoms with Crippen molar-refractivity contribution in [3.63, 3.8) is 0 Å². The molecule has 0 saturated carbocycles. The average Bonchev–Trinajstić information content (AvgIpc) is 2.62. The maximum Gasteiger partial charge on any atom is 0.179 e. The minimum Gasteiger partial charge on any atom is -0.293 e. The molecule has 2 heteroatoms. The third-order valence-corrected chi connectivity index (χ3v) is 5.35. The van der Waals surface area contributed by atoms with Gasteiger partial charge < -0.3 is 0 Å². The van der Waals surface area contributed by atoms with Crippen LogP contribution in [0.25, 0.3) is 0 Å². The number of benzene rings is 2. The number of nitrogens with zero attached hydrogens (tertiary/aromatic N) is 1. The highest BCUT2D eigenvalue weighted by atomic mass is 16.1. The summed E-state index contributed by atoms with van der Waals surface area (Å²) < 4.78 is 0. The number of carbonyl (C=O) groups excluding carboxylic acids is 1. The van der Waals surface area contributed by atoms with Crippen molar-refractivity contribution in [3.8, 4) is 0 Å². The van der Waals surface area contributed by atoms with Crippen LogP contribution in [0.3, 0.4) is 0 Å². The van der Waals surface area contributed by atoms with E-state index in [1.165, 1.54) is 18.4 Å². The van der Waals surface area contributed by atoms with Gasteiger partial charge in [0, 0.05) is 5.56 Å². The predicted octanol–water partition coefficient (Wildman–Crippen LogP) is 4.52. The fourth-order valence-electron chi connectivity index (χ4n) is 3.73. The van der Waals surface area contributed by atoms with Gasteiger partial charge in [-0.25, -0.2) is 0 Å². The van der Waals surface area contributed by atoms with Gasteiger partial charge in [-0.2, -0.15) is 0 Å². The van der Waals surface area contributed by atoms with Crippen molar-refractivity contribution < 1.29 is 4.79 Å². The Hall–Kier alpha value is -1.93. The number of hydrogen-bond donors (Lipinski definition) is 0. The Morgan fingerprint density at radius 2 is 1.67 bits per heavy atom. The van der Waals surface area contributed by atoms with E-state index < -0.39 is 0 Å². The number of piperidine rings is 1. The molecule has 1 fully saturated rings. The lowest BCUT2D eigenvalue weighted by atomic mass is 9.89. The quantitative estimate of drug-likeness (QED) is 0.755. The minimum absolute atomic E-state index is 0.0243. The molecule has 0 aliphatic carbocycles. The van der Waals surface area contributed by atoms with Gasteiger partial charge in [0.25, 0.3) is 0 Å². The molecule has 1 aliphatic rings. The molecule has 24 heavy (non-hydrogen) atoms. The Balaban J connectivity index is 1.56. The summed E-state index contributed by atoms with van der Waals surface area (Å²) >= 11 is 0. The molecule has 1 heterocycles. The summed E-state index contributed by atoms with van der Waals surface area (Å²) in [6.07, 6.45) is 3.52. The maximum absolute atomic E-state index is 12.8. The Labute approximate surface area is 145 Å². The van der Waals surface area contributed by atoms with E-state index in [2.05, 4.69) is 42.2 Å². The number of carbonyl (C=O) groups is 1. The molecule has 1 aliphatic heterocycles. The van der Waals surface area contributed by atoms with Gasteiger partial charge in [-0.3, -0.25) is 9.69 Å². The van der Waals surface area contributed by atoms with E-state index in [0.29, 0.717) is 0 Å². The van der Waals surface area contributed by atoms with Gasteiger partial charge in [0.05, 0.1) is 6.04 Å². The van der Waals surface area contributed by atoms with Gasteiger partial charge in [0.1, 0.15) is 0 Å². The van der Waals surface area contributed by atoms with Gasteiger partial charge in [-0.05, 0) is 63.2 Å². The second-order valence-corrected chi connectivity index (χ2v) is 7.02. The average molecular weight is 321 g/mol. The van der Waals surface area contributed by atoms with E-state index in [9.17, 15) is 4.79 Å². The van der Waals surface area contributed by atoms with Crippen LogP contribution in [-0.2, 0) is 6.42 Å². The highest BCUT2D eigenvalue weighted by Crippen LogP contribution is 2.24. The van der Waals surface area contributed by atoms with Crippen LogP contribution < -0.4 is 0 Å². The lowest BCUT2D eigenvalue weighted by Crippen LogP contribution is -2.44. The van der Waals surface area contributed by atoms with Crippen molar-refractivity contribution in [1.29, 1.82) is 0 Å². The fourth-order valence-corrected chi connectivity index (χ4v) is 3.73. The summed E-state index contributed by atoms with van der Waals surface area (Å²) in [4.78, 5) is 15.2. The largest absolute Gasteiger partial charge is 0.293 e. The first-order valence-electron chi connectivity index (χ1n) is 9.03. The number of likely N-dealkylation sites (tertiary alicyclic amines) is 1. The first-order valence-corrected chi connectivity index (χ1v) is 9.03. The summed E-state index contributed by atoms with van der Waals surface area (Å²) in [7, 11) is 0. The second kappa shape index (κ2) is 7.76. The SMILES string of the molecule is Cc1ccccc1C(=O)C(C)N1CCC(Cc2ccccc2)CC1. The Morgan fingerprint density at radius 3 is 2.33 bits per heavy atom. The molecule has 2 aromatic rings. The van der Waals surface area contributed by atoms with Gasteiger partial charge in [0.15, 0.2) is 5.78 Å². The molecule has 1 unspecified atom stereocenters. The molecule has 2 nitrogen and oxygen atoms in total. The minimum atomic E-state index is -0.0243. The van der Waals surface area contributed by atoms with Crippen molar-refractivity contribution in [2.24, 2.45) is 5.92 Å². The van der Waals surface area contributed by atoms with Gasteiger partial charge in [-0.15, -0.1) is 0 Å². The third-order valence-electron chi connectivity index (χ3n) is 5.35. The zero-order valence-electron chi connectivity index (χ0n) is 14.7. The van der Waals surface area contributed by atoms with Crippen molar-refractivity contribution in [3.05, 3.63) is 71.3 Å². The summed E-state index contributed by atoms with van der Waals surface area (Å²) in [5.74, 6) is 0.999. The van der Waals surface area contributed by atoms with E-state index >= 15 is 0 Å². The van der Waals surface area contributed by atoms with E-state index in [1.807, 2.05) is 31.2 Å². The normalized spacial score (nSPS) is 17.6. The molecule has 126 valence electrons. The van der Waals surface area contributed by atoms with Gasteiger partial charge >= 0.3 is 0 Å². The fraction of sp³-hybridized carbons (Fsp3) is 0.409. The molecule has 0 bridgehead atoms. The van der Waals surface area contributed by atoms with Crippen LogP contribution in [0.1, 0.15) is 41.3 Å². The molecule has 0 N–H and O–H groups in total. The number of aryl methyl sites for hydroxylation is 1. The molecule has 0 aromatic heterocycles. The van der Waals surface area contributed by atoms with Crippen molar-refractivity contribution in [1.82, 2.24) is 4.90 Å². The molecule has 2 aromatic carbocycles. The first-order chi connectivity index (χ1) is 11.6. The smallest absolute Gasteiger partial charge is 0.179 e. The van der Waals surface area contributed by atoms with Crippen molar-refractivity contribution in [2.75, 3.05) is 13.1 Å². The van der Waals surface area contributed by atoms with Crippen molar-refractivity contribution in [2.45, 2.75) is 39.2 Å². The Bertz CT molecular complexity index is 671. The van der Waals surface area contributed by atoms with E-state index in [0.717, 1.165) is 36.6 Å². The van der Waals surface area contributed by atoms with Gasteiger partial charge in [-0.1, -0.05) is 54.6 Å². The summed E-state index contributed by atoms with van der Waals surface area (Å²) in [5, 5.41) is 0. The third kappa shape index (κ3) is 3.93. The van der Waals surface area contributed by atoms with E-state index in [1.54, 1.807) is 0 Å². The topological polar surface area (TPSA) is 20.3 Å². The standard InChI is InChI=1S/C22H27NO/c1-17-8-6-7-11-21(17)22(24)18(2)23-14-12-20(13-15-23)16-19-9-4-3-5-10-19/h3-11,18,20H,12-16H2,1-2H3. The monoisotopic (exact) mass is 321 g/mol. The Kier molecular flexibility index (Phi) is 5.47. The highest BCUT2D eigenvalue weighted by Gasteiger charge is 2.27. The predicted molar refractivity (Wildman–Crippen MR) is 99.4 cm³/mol. The zero-order valence-corrected chi connectivity index (χ0v) is 14.7. The molecule has 1 atom stereocenters. The summed E-state index contributed by atoms with van der Waals surface area (Å²) in [6, 6.07) is 18.6. The van der Waals surface area contributed by atoms with Crippen LogP contribution >= 0.6 is 0 Å². The number of hydrogen-bond acceptors (Lipinski definition) is 2. The number of rotatable bonds is 5. The van der Waals surface area contributed by atoms with E-state index in [-0.39, 0.29) is 11.8 Å². The van der Waals surface area contributed by atoms with Crippen LogP contribution in [0.15, 0.2) is 54.6 Å². The molecule has 1 saturated heterocycles. The van der Waals surface area contributed by atoms with Crippen LogP contribution in [0, 0.1) is 12.8 Å². The lowest BCUT2D eigenvalue weighted by Gasteiger charge is -2.35. The molecule has 3 rings (SSSR count). The molecular weight excluding hydrogens is 294 g/mol. The van der Waals surface area contributed by atoms with Crippen LogP contribution in [0.2, 0.25) is 0 Å². The van der Waals surface area contributed by atoms with Crippen molar-refractivity contribution >= 4 is 5.78 Å². The highest BCUT2D eigenvalue weighted by molar-refractivity contribution is 6.01. The summed E-state index contributed by atoms with van der Waals surface area (Å²) in [5.41, 5.74) is 3.38. The molecule has 0 amide bonds. The summed E-state index contributed by atoms with van der Waals surface area (Å²) in [6.45, 7) is 6.13. The molecule has 0 radical (unpaired) electrons. The molecular formula is C22H27NO. The maximum atomic E-state index is 12.8. The van der Waals surface area contributed by atoms with Crippen LogP contribution in [0.5, 0.6) is 0 Å². The van der Waals surface area contributed by atoms with Crippen LogP contribution in [-0.4, -0.2) is 29.8 Å². The van der Waals surface area contributed by atoms with Gasteiger partial charge in [0.2, 0.25) is 0 Å². The number of ketones is 1.